The van der Waals surface area contributed by atoms with E-state index in [4.69, 9.17) is 0 Å². The van der Waals surface area contributed by atoms with E-state index < -0.39 is 0 Å². The maximum absolute atomic E-state index is 10.9. The summed E-state index contributed by atoms with van der Waals surface area (Å²) in [4.78, 5) is 12.9. The standard InChI is InChI=1S/C14H21N3O2/c1-11-5-6-12(8-14(11)17(18)19)9-15-10-13-4-3-7-16(13)2/h5-6,8,13,15H,3-4,7,9-10H2,1-2H3. The first-order chi connectivity index (χ1) is 9.08. The van der Waals surface area contributed by atoms with Crippen molar-refractivity contribution in [2.75, 3.05) is 20.1 Å². The summed E-state index contributed by atoms with van der Waals surface area (Å²) in [6.07, 6.45) is 2.50. The quantitative estimate of drug-likeness (QED) is 0.653. The second-order valence-electron chi connectivity index (χ2n) is 5.29. The zero-order chi connectivity index (χ0) is 13.8. The molecule has 1 N–H and O–H groups in total. The van der Waals surface area contributed by atoms with Crippen molar-refractivity contribution >= 4 is 5.69 Å². The Bertz CT molecular complexity index is 462. The smallest absolute Gasteiger partial charge is 0.272 e. The van der Waals surface area contributed by atoms with Crippen LogP contribution in [0.25, 0.3) is 0 Å². The first-order valence-electron chi connectivity index (χ1n) is 6.73. The molecular formula is C14H21N3O2. The molecule has 0 bridgehead atoms. The van der Waals surface area contributed by atoms with Crippen LogP contribution in [-0.4, -0.2) is 36.0 Å². The number of benzene rings is 1. The van der Waals surface area contributed by atoms with Gasteiger partial charge in [-0.15, -0.1) is 0 Å². The fourth-order valence-corrected chi connectivity index (χ4v) is 2.58. The normalized spacial score (nSPS) is 19.8. The SMILES string of the molecule is Cc1ccc(CNCC2CCCN2C)cc1[N+](=O)[O-]. The number of nitro groups is 1. The van der Waals surface area contributed by atoms with Gasteiger partial charge in [0, 0.05) is 30.8 Å². The summed E-state index contributed by atoms with van der Waals surface area (Å²) >= 11 is 0. The largest absolute Gasteiger partial charge is 0.311 e. The van der Waals surface area contributed by atoms with E-state index >= 15 is 0 Å². The minimum Gasteiger partial charge on any atom is -0.311 e. The molecule has 1 saturated heterocycles. The molecule has 0 saturated carbocycles. The Kier molecular flexibility index (Phi) is 4.50. The lowest BCUT2D eigenvalue weighted by Crippen LogP contribution is -2.35. The Hall–Kier alpha value is -1.46. The first-order valence-corrected chi connectivity index (χ1v) is 6.73. The van der Waals surface area contributed by atoms with Crippen LogP contribution >= 0.6 is 0 Å². The van der Waals surface area contributed by atoms with Crippen LogP contribution < -0.4 is 5.32 Å². The van der Waals surface area contributed by atoms with Crippen molar-refractivity contribution in [3.05, 3.63) is 39.4 Å². The average Bonchev–Trinajstić information content (AvgIpc) is 2.77. The molecule has 0 aromatic heterocycles. The van der Waals surface area contributed by atoms with Crippen LogP contribution in [0, 0.1) is 17.0 Å². The summed E-state index contributed by atoms with van der Waals surface area (Å²) in [6.45, 7) is 4.56. The van der Waals surface area contributed by atoms with Gasteiger partial charge in [0.05, 0.1) is 4.92 Å². The fraction of sp³-hybridized carbons (Fsp3) is 0.571. The molecule has 1 aromatic rings. The van der Waals surface area contributed by atoms with Gasteiger partial charge in [-0.2, -0.15) is 0 Å². The summed E-state index contributed by atoms with van der Waals surface area (Å²) in [6, 6.07) is 6.03. The molecule has 1 aliphatic rings. The molecular weight excluding hydrogens is 242 g/mol. The number of nitrogens with one attached hydrogen (secondary N) is 1. The summed E-state index contributed by atoms with van der Waals surface area (Å²) in [7, 11) is 2.15. The lowest BCUT2D eigenvalue weighted by atomic mass is 10.1. The lowest BCUT2D eigenvalue weighted by molar-refractivity contribution is -0.385. The van der Waals surface area contributed by atoms with Crippen molar-refractivity contribution in [1.29, 1.82) is 0 Å². The molecule has 1 heterocycles. The fourth-order valence-electron chi connectivity index (χ4n) is 2.58. The summed E-state index contributed by atoms with van der Waals surface area (Å²) < 4.78 is 0. The van der Waals surface area contributed by atoms with E-state index in [2.05, 4.69) is 17.3 Å². The molecule has 1 aliphatic heterocycles. The molecule has 104 valence electrons. The van der Waals surface area contributed by atoms with Gasteiger partial charge in [-0.3, -0.25) is 10.1 Å². The van der Waals surface area contributed by atoms with Crippen LogP contribution in [0.5, 0.6) is 0 Å². The molecule has 1 aromatic carbocycles. The number of nitro benzene ring substituents is 1. The Morgan fingerprint density at radius 3 is 2.95 bits per heavy atom. The van der Waals surface area contributed by atoms with E-state index in [0.29, 0.717) is 18.2 Å². The Balaban J connectivity index is 1.89. The van der Waals surface area contributed by atoms with Crippen LogP contribution in [0.2, 0.25) is 0 Å². The molecule has 1 unspecified atom stereocenters. The molecule has 0 aliphatic carbocycles. The van der Waals surface area contributed by atoms with Gasteiger partial charge < -0.3 is 10.2 Å². The maximum Gasteiger partial charge on any atom is 0.272 e. The highest BCUT2D eigenvalue weighted by Crippen LogP contribution is 2.19. The molecule has 0 radical (unpaired) electrons. The zero-order valence-electron chi connectivity index (χ0n) is 11.6. The number of hydrogen-bond donors (Lipinski definition) is 1. The van der Waals surface area contributed by atoms with Gasteiger partial charge in [0.2, 0.25) is 0 Å². The Morgan fingerprint density at radius 1 is 1.53 bits per heavy atom. The van der Waals surface area contributed by atoms with Crippen molar-refractivity contribution in [3.63, 3.8) is 0 Å². The van der Waals surface area contributed by atoms with E-state index in [-0.39, 0.29) is 10.6 Å². The van der Waals surface area contributed by atoms with Crippen LogP contribution in [0.15, 0.2) is 18.2 Å². The van der Waals surface area contributed by atoms with Gasteiger partial charge >= 0.3 is 0 Å². The topological polar surface area (TPSA) is 58.4 Å². The van der Waals surface area contributed by atoms with Crippen molar-refractivity contribution in [2.24, 2.45) is 0 Å². The first kappa shape index (κ1) is 14.0. The minimum absolute atomic E-state index is 0.206. The third kappa shape index (κ3) is 3.52. The van der Waals surface area contributed by atoms with Crippen molar-refractivity contribution in [1.82, 2.24) is 10.2 Å². The van der Waals surface area contributed by atoms with Gasteiger partial charge in [-0.25, -0.2) is 0 Å². The monoisotopic (exact) mass is 263 g/mol. The van der Waals surface area contributed by atoms with Crippen LogP contribution in [-0.2, 0) is 6.54 Å². The average molecular weight is 263 g/mol. The molecule has 5 nitrogen and oxygen atoms in total. The minimum atomic E-state index is -0.316. The summed E-state index contributed by atoms with van der Waals surface area (Å²) in [5, 5.41) is 14.3. The number of rotatable bonds is 5. The predicted molar refractivity (Wildman–Crippen MR) is 75.2 cm³/mol. The van der Waals surface area contributed by atoms with E-state index in [1.54, 1.807) is 13.0 Å². The van der Waals surface area contributed by atoms with Gasteiger partial charge in [0.1, 0.15) is 0 Å². The highest BCUT2D eigenvalue weighted by molar-refractivity contribution is 5.42. The van der Waals surface area contributed by atoms with Gasteiger partial charge in [0.15, 0.2) is 0 Å². The van der Waals surface area contributed by atoms with Gasteiger partial charge in [-0.05, 0) is 38.9 Å². The molecule has 1 atom stereocenters. The molecule has 1 fully saturated rings. The second-order valence-corrected chi connectivity index (χ2v) is 5.29. The highest BCUT2D eigenvalue weighted by Gasteiger charge is 2.20. The van der Waals surface area contributed by atoms with Crippen LogP contribution in [0.4, 0.5) is 5.69 Å². The lowest BCUT2D eigenvalue weighted by Gasteiger charge is -2.19. The van der Waals surface area contributed by atoms with Crippen LogP contribution in [0.3, 0.4) is 0 Å². The second kappa shape index (κ2) is 6.12. The third-order valence-electron chi connectivity index (χ3n) is 3.85. The Morgan fingerprint density at radius 2 is 2.32 bits per heavy atom. The molecule has 5 heteroatoms. The highest BCUT2D eigenvalue weighted by atomic mass is 16.6. The van der Waals surface area contributed by atoms with E-state index in [1.165, 1.54) is 19.4 Å². The number of nitrogens with zero attached hydrogens (tertiary/aromatic N) is 2. The molecule has 19 heavy (non-hydrogen) atoms. The van der Waals surface area contributed by atoms with Gasteiger partial charge in [-0.1, -0.05) is 12.1 Å². The molecule has 0 spiro atoms. The van der Waals surface area contributed by atoms with Gasteiger partial charge in [0.25, 0.3) is 5.69 Å². The van der Waals surface area contributed by atoms with Crippen molar-refractivity contribution in [2.45, 2.75) is 32.4 Å². The predicted octanol–water partition coefficient (Wildman–Crippen LogP) is 2.09. The maximum atomic E-state index is 10.9. The number of aryl methyl sites for hydroxylation is 1. The molecule has 0 amide bonds. The number of likely N-dealkylation sites (N-methyl/N-ethyl adjacent to an activating group) is 1. The summed E-state index contributed by atoms with van der Waals surface area (Å²) in [5.74, 6) is 0. The number of likely N-dealkylation sites (tertiary alicyclic amines) is 1. The number of hydrogen-bond acceptors (Lipinski definition) is 4. The van der Waals surface area contributed by atoms with Crippen molar-refractivity contribution < 1.29 is 4.92 Å². The van der Waals surface area contributed by atoms with E-state index in [1.807, 2.05) is 12.1 Å². The van der Waals surface area contributed by atoms with E-state index in [0.717, 1.165) is 12.1 Å². The van der Waals surface area contributed by atoms with Crippen molar-refractivity contribution in [3.8, 4) is 0 Å². The molecule has 2 rings (SSSR count). The Labute approximate surface area is 113 Å². The van der Waals surface area contributed by atoms with E-state index in [9.17, 15) is 10.1 Å². The third-order valence-corrected chi connectivity index (χ3v) is 3.85. The summed E-state index contributed by atoms with van der Waals surface area (Å²) in [5.41, 5.74) is 1.89. The van der Waals surface area contributed by atoms with Crippen LogP contribution in [0.1, 0.15) is 24.0 Å². The zero-order valence-corrected chi connectivity index (χ0v) is 11.6.